The van der Waals surface area contributed by atoms with Gasteiger partial charge in [0.05, 0.1) is 11.4 Å². The molecule has 0 saturated heterocycles. The molecule has 0 saturated carbocycles. The van der Waals surface area contributed by atoms with Crippen LogP contribution in [0.1, 0.15) is 0 Å². The fourth-order valence-electron chi connectivity index (χ4n) is 2.62. The molecule has 4 rings (SSSR count). The summed E-state index contributed by atoms with van der Waals surface area (Å²) < 4.78 is 6.01. The van der Waals surface area contributed by atoms with Crippen molar-refractivity contribution in [2.24, 2.45) is 0 Å². The normalized spacial score (nSPS) is 12.8. The Balaban J connectivity index is 1.98. The van der Waals surface area contributed by atoms with Crippen molar-refractivity contribution < 1.29 is 4.74 Å². The van der Waals surface area contributed by atoms with E-state index < -0.39 is 0 Å². The smallest absolute Gasteiger partial charge is 0.151 e. The predicted octanol–water partition coefficient (Wildman–Crippen LogP) is 4.71. The Morgan fingerprint density at radius 3 is 2.26 bits per heavy atom. The summed E-state index contributed by atoms with van der Waals surface area (Å²) in [4.78, 5) is 2.18. The van der Waals surface area contributed by atoms with Crippen LogP contribution in [0.15, 0.2) is 60.7 Å². The molecule has 1 aliphatic heterocycles. The largest absolute Gasteiger partial charge is 0.453 e. The number of hydrogen-bond donors (Lipinski definition) is 0. The van der Waals surface area contributed by atoms with Gasteiger partial charge in [-0.3, -0.25) is 0 Å². The zero-order chi connectivity index (χ0) is 12.8. The summed E-state index contributed by atoms with van der Waals surface area (Å²) in [7, 11) is 2.08. The molecule has 3 aromatic carbocycles. The lowest BCUT2D eigenvalue weighted by molar-refractivity contribution is 0.476. The fourth-order valence-corrected chi connectivity index (χ4v) is 2.62. The SMILES string of the molecule is CN1c2ccccc2Oc2cc3ccccc3cc21. The van der Waals surface area contributed by atoms with E-state index in [1.807, 2.05) is 18.2 Å². The zero-order valence-electron chi connectivity index (χ0n) is 10.6. The van der Waals surface area contributed by atoms with Crippen molar-refractivity contribution in [1.82, 2.24) is 0 Å². The van der Waals surface area contributed by atoms with Crippen LogP contribution in [0.3, 0.4) is 0 Å². The van der Waals surface area contributed by atoms with Gasteiger partial charge in [0, 0.05) is 7.05 Å². The lowest BCUT2D eigenvalue weighted by Gasteiger charge is -2.29. The van der Waals surface area contributed by atoms with Crippen LogP contribution in [-0.4, -0.2) is 7.05 Å². The first-order chi connectivity index (χ1) is 9.33. The number of para-hydroxylation sites is 2. The predicted molar refractivity (Wildman–Crippen MR) is 78.5 cm³/mol. The van der Waals surface area contributed by atoms with Crippen molar-refractivity contribution in [2.45, 2.75) is 0 Å². The van der Waals surface area contributed by atoms with Crippen molar-refractivity contribution in [2.75, 3.05) is 11.9 Å². The summed E-state index contributed by atoms with van der Waals surface area (Å²) in [6.07, 6.45) is 0. The minimum atomic E-state index is 0.910. The maximum atomic E-state index is 6.01. The first-order valence-electron chi connectivity index (χ1n) is 6.36. The molecule has 0 atom stereocenters. The van der Waals surface area contributed by atoms with Crippen LogP contribution in [0, 0.1) is 0 Å². The average Bonchev–Trinajstić information content (AvgIpc) is 2.46. The van der Waals surface area contributed by atoms with Crippen molar-refractivity contribution in [1.29, 1.82) is 0 Å². The quantitative estimate of drug-likeness (QED) is 0.570. The number of nitrogens with zero attached hydrogens (tertiary/aromatic N) is 1. The van der Waals surface area contributed by atoms with Gasteiger partial charge in [-0.2, -0.15) is 0 Å². The highest BCUT2D eigenvalue weighted by Gasteiger charge is 2.21. The van der Waals surface area contributed by atoms with E-state index in [0.29, 0.717) is 0 Å². The van der Waals surface area contributed by atoms with Gasteiger partial charge >= 0.3 is 0 Å². The monoisotopic (exact) mass is 247 g/mol. The lowest BCUT2D eigenvalue weighted by Crippen LogP contribution is -2.15. The molecular weight excluding hydrogens is 234 g/mol. The number of fused-ring (bicyclic) bond motifs is 3. The molecule has 19 heavy (non-hydrogen) atoms. The molecule has 2 heteroatoms. The topological polar surface area (TPSA) is 12.5 Å². The zero-order valence-corrected chi connectivity index (χ0v) is 10.6. The Bertz CT molecular complexity index is 779. The van der Waals surface area contributed by atoms with E-state index in [-0.39, 0.29) is 0 Å². The van der Waals surface area contributed by atoms with Gasteiger partial charge in [-0.15, -0.1) is 0 Å². The number of benzene rings is 3. The van der Waals surface area contributed by atoms with Gasteiger partial charge in [-0.05, 0) is 35.0 Å². The van der Waals surface area contributed by atoms with Crippen molar-refractivity contribution in [3.8, 4) is 11.5 Å². The number of ether oxygens (including phenoxy) is 1. The van der Waals surface area contributed by atoms with Gasteiger partial charge in [0.2, 0.25) is 0 Å². The molecule has 0 N–H and O–H groups in total. The first-order valence-corrected chi connectivity index (χ1v) is 6.36. The molecule has 0 amide bonds. The van der Waals surface area contributed by atoms with E-state index in [4.69, 9.17) is 4.74 Å². The van der Waals surface area contributed by atoms with E-state index in [2.05, 4.69) is 54.4 Å². The molecule has 92 valence electrons. The number of rotatable bonds is 0. The molecule has 0 spiro atoms. The Labute approximate surface area is 111 Å². The molecule has 0 unspecified atom stereocenters. The molecule has 1 heterocycles. The fraction of sp³-hybridized carbons (Fsp3) is 0.0588. The van der Waals surface area contributed by atoms with Gasteiger partial charge in [0.25, 0.3) is 0 Å². The molecule has 2 nitrogen and oxygen atoms in total. The number of anilines is 2. The second-order valence-corrected chi connectivity index (χ2v) is 4.80. The summed E-state index contributed by atoms with van der Waals surface area (Å²) in [6.45, 7) is 0. The van der Waals surface area contributed by atoms with Gasteiger partial charge in [0.15, 0.2) is 11.5 Å². The Morgan fingerprint density at radius 2 is 1.42 bits per heavy atom. The maximum absolute atomic E-state index is 6.01. The minimum Gasteiger partial charge on any atom is -0.453 e. The second kappa shape index (κ2) is 3.75. The van der Waals surface area contributed by atoms with Gasteiger partial charge in [-0.25, -0.2) is 0 Å². The van der Waals surface area contributed by atoms with Crippen LogP contribution >= 0.6 is 0 Å². The molecule has 0 radical (unpaired) electrons. The summed E-state index contributed by atoms with van der Waals surface area (Å²) in [5.41, 5.74) is 2.21. The van der Waals surface area contributed by atoms with Crippen molar-refractivity contribution >= 4 is 22.1 Å². The number of hydrogen-bond acceptors (Lipinski definition) is 2. The molecule has 3 aromatic rings. The average molecular weight is 247 g/mol. The summed E-state index contributed by atoms with van der Waals surface area (Å²) in [6, 6.07) is 20.8. The highest BCUT2D eigenvalue weighted by molar-refractivity contribution is 5.92. The third-order valence-corrected chi connectivity index (χ3v) is 3.64. The molecule has 0 bridgehead atoms. The summed E-state index contributed by atoms with van der Waals surface area (Å²) in [5.74, 6) is 1.83. The van der Waals surface area contributed by atoms with Crippen LogP contribution in [-0.2, 0) is 0 Å². The standard InChI is InChI=1S/C17H13NO/c1-18-14-8-4-5-9-16(14)19-17-11-13-7-3-2-6-12(13)10-15(17)18/h2-11H,1H3. The van der Waals surface area contributed by atoms with Crippen LogP contribution in [0.25, 0.3) is 10.8 Å². The van der Waals surface area contributed by atoms with E-state index >= 15 is 0 Å². The molecule has 0 fully saturated rings. The molecule has 0 aliphatic carbocycles. The van der Waals surface area contributed by atoms with Crippen LogP contribution in [0.4, 0.5) is 11.4 Å². The Hall–Kier alpha value is -2.48. The third-order valence-electron chi connectivity index (χ3n) is 3.64. The molecule has 0 aromatic heterocycles. The molecule has 1 aliphatic rings. The summed E-state index contributed by atoms with van der Waals surface area (Å²) >= 11 is 0. The van der Waals surface area contributed by atoms with Crippen LogP contribution in [0.2, 0.25) is 0 Å². The van der Waals surface area contributed by atoms with E-state index in [9.17, 15) is 0 Å². The lowest BCUT2D eigenvalue weighted by atomic mass is 10.1. The third kappa shape index (κ3) is 1.50. The minimum absolute atomic E-state index is 0.910. The van der Waals surface area contributed by atoms with Crippen LogP contribution < -0.4 is 9.64 Å². The highest BCUT2D eigenvalue weighted by Crippen LogP contribution is 2.46. The van der Waals surface area contributed by atoms with Crippen molar-refractivity contribution in [3.05, 3.63) is 60.7 Å². The first kappa shape index (κ1) is 10.4. The van der Waals surface area contributed by atoms with Crippen LogP contribution in [0.5, 0.6) is 11.5 Å². The second-order valence-electron chi connectivity index (χ2n) is 4.80. The highest BCUT2D eigenvalue weighted by atomic mass is 16.5. The summed E-state index contributed by atoms with van der Waals surface area (Å²) in [5, 5.41) is 2.44. The molecular formula is C17H13NO. The van der Waals surface area contributed by atoms with E-state index in [1.54, 1.807) is 0 Å². The van der Waals surface area contributed by atoms with Gasteiger partial charge in [-0.1, -0.05) is 36.4 Å². The van der Waals surface area contributed by atoms with E-state index in [0.717, 1.165) is 22.9 Å². The maximum Gasteiger partial charge on any atom is 0.151 e. The van der Waals surface area contributed by atoms with Gasteiger partial charge in [0.1, 0.15) is 0 Å². The Morgan fingerprint density at radius 1 is 0.737 bits per heavy atom. The van der Waals surface area contributed by atoms with E-state index in [1.165, 1.54) is 10.8 Å². The van der Waals surface area contributed by atoms with Crippen molar-refractivity contribution in [3.63, 3.8) is 0 Å². The Kier molecular flexibility index (Phi) is 2.06. The van der Waals surface area contributed by atoms with Gasteiger partial charge < -0.3 is 9.64 Å².